The lowest BCUT2D eigenvalue weighted by atomic mass is 10.1. The van der Waals surface area contributed by atoms with Gasteiger partial charge in [0.25, 0.3) is 0 Å². The molecule has 1 aliphatic heterocycles. The maximum absolute atomic E-state index is 11.7. The van der Waals surface area contributed by atoms with Crippen molar-refractivity contribution in [2.45, 2.75) is 12.8 Å². The quantitative estimate of drug-likeness (QED) is 0.819. The number of ether oxygens (including phenoxy) is 2. The zero-order valence-corrected chi connectivity index (χ0v) is 9.59. The van der Waals surface area contributed by atoms with Crippen molar-refractivity contribution in [3.63, 3.8) is 0 Å². The zero-order valence-electron chi connectivity index (χ0n) is 8.77. The molecule has 1 heterocycles. The summed E-state index contributed by atoms with van der Waals surface area (Å²) in [6.07, 6.45) is 1.20. The molecule has 0 fully saturated rings. The molecule has 0 saturated heterocycles. The second-order valence-corrected chi connectivity index (χ2v) is 3.38. The SMILES string of the molecule is Cl.NCCCC(=O)c1ccc2c(c1)OCO2. The van der Waals surface area contributed by atoms with Crippen LogP contribution in [0.4, 0.5) is 0 Å². The number of carbonyl (C=O) groups is 1. The number of rotatable bonds is 4. The molecule has 0 unspecified atom stereocenters. The Morgan fingerprint density at radius 3 is 2.81 bits per heavy atom. The first-order valence-corrected chi connectivity index (χ1v) is 4.94. The average molecular weight is 244 g/mol. The molecule has 5 heteroatoms. The predicted molar refractivity (Wildman–Crippen MR) is 62.4 cm³/mol. The number of ketones is 1. The monoisotopic (exact) mass is 243 g/mol. The highest BCUT2D eigenvalue weighted by atomic mass is 35.5. The van der Waals surface area contributed by atoms with Crippen molar-refractivity contribution in [1.82, 2.24) is 0 Å². The molecule has 0 bridgehead atoms. The van der Waals surface area contributed by atoms with Crippen LogP contribution in [0.3, 0.4) is 0 Å². The Hall–Kier alpha value is -1.26. The third-order valence-electron chi connectivity index (χ3n) is 2.30. The average Bonchev–Trinajstić information content (AvgIpc) is 2.72. The molecule has 2 N–H and O–H groups in total. The highest BCUT2D eigenvalue weighted by Crippen LogP contribution is 2.32. The first-order chi connectivity index (χ1) is 7.31. The van der Waals surface area contributed by atoms with E-state index in [0.717, 1.165) is 0 Å². The van der Waals surface area contributed by atoms with Crippen LogP contribution < -0.4 is 15.2 Å². The summed E-state index contributed by atoms with van der Waals surface area (Å²) in [5, 5.41) is 0. The molecule has 0 aromatic heterocycles. The third kappa shape index (κ3) is 2.65. The highest BCUT2D eigenvalue weighted by Gasteiger charge is 2.15. The highest BCUT2D eigenvalue weighted by molar-refractivity contribution is 5.96. The molecule has 0 atom stereocenters. The van der Waals surface area contributed by atoms with Crippen LogP contribution in [0.1, 0.15) is 23.2 Å². The summed E-state index contributed by atoms with van der Waals surface area (Å²) < 4.78 is 10.4. The molecule has 4 nitrogen and oxygen atoms in total. The first-order valence-electron chi connectivity index (χ1n) is 4.94. The van der Waals surface area contributed by atoms with Gasteiger partial charge < -0.3 is 15.2 Å². The van der Waals surface area contributed by atoms with Gasteiger partial charge in [-0.05, 0) is 31.2 Å². The van der Waals surface area contributed by atoms with Gasteiger partial charge in [0, 0.05) is 12.0 Å². The Bertz CT molecular complexity index is 381. The lowest BCUT2D eigenvalue weighted by molar-refractivity contribution is 0.0980. The lowest BCUT2D eigenvalue weighted by Gasteiger charge is -2.01. The molecular formula is C11H14ClNO3. The van der Waals surface area contributed by atoms with Crippen molar-refractivity contribution < 1.29 is 14.3 Å². The fourth-order valence-electron chi connectivity index (χ4n) is 1.48. The third-order valence-corrected chi connectivity index (χ3v) is 2.30. The minimum atomic E-state index is 0. The van der Waals surface area contributed by atoms with E-state index in [9.17, 15) is 4.79 Å². The second kappa shape index (κ2) is 5.72. The molecule has 1 aromatic carbocycles. The van der Waals surface area contributed by atoms with Gasteiger partial charge in [-0.3, -0.25) is 4.79 Å². The Morgan fingerprint density at radius 1 is 1.31 bits per heavy atom. The molecule has 1 aromatic rings. The maximum atomic E-state index is 11.7. The van der Waals surface area contributed by atoms with Crippen molar-refractivity contribution in [3.8, 4) is 11.5 Å². The number of halogens is 1. The van der Waals surface area contributed by atoms with E-state index in [4.69, 9.17) is 15.2 Å². The lowest BCUT2D eigenvalue weighted by Crippen LogP contribution is -2.04. The van der Waals surface area contributed by atoms with Crippen LogP contribution in [0.2, 0.25) is 0 Å². The largest absolute Gasteiger partial charge is 0.454 e. The zero-order chi connectivity index (χ0) is 10.7. The number of nitrogens with two attached hydrogens (primary N) is 1. The molecule has 0 spiro atoms. The van der Waals surface area contributed by atoms with Crippen LogP contribution in [-0.2, 0) is 0 Å². The molecule has 16 heavy (non-hydrogen) atoms. The van der Waals surface area contributed by atoms with Crippen molar-refractivity contribution in [1.29, 1.82) is 0 Å². The van der Waals surface area contributed by atoms with Gasteiger partial charge >= 0.3 is 0 Å². The maximum Gasteiger partial charge on any atom is 0.231 e. The number of hydrogen-bond donors (Lipinski definition) is 1. The van der Waals surface area contributed by atoms with Crippen LogP contribution in [0.25, 0.3) is 0 Å². The van der Waals surface area contributed by atoms with Crippen LogP contribution in [0.5, 0.6) is 11.5 Å². The fourth-order valence-corrected chi connectivity index (χ4v) is 1.48. The van der Waals surface area contributed by atoms with E-state index in [2.05, 4.69) is 0 Å². The van der Waals surface area contributed by atoms with Crippen LogP contribution >= 0.6 is 12.4 Å². The van der Waals surface area contributed by atoms with Gasteiger partial charge in [-0.2, -0.15) is 0 Å². The number of benzene rings is 1. The summed E-state index contributed by atoms with van der Waals surface area (Å²) >= 11 is 0. The first kappa shape index (κ1) is 12.8. The number of fused-ring (bicyclic) bond motifs is 1. The summed E-state index contributed by atoms with van der Waals surface area (Å²) in [4.78, 5) is 11.7. The van der Waals surface area contributed by atoms with Crippen molar-refractivity contribution in [2.75, 3.05) is 13.3 Å². The molecule has 0 amide bonds. The molecule has 0 aliphatic carbocycles. The Balaban J connectivity index is 0.00000128. The summed E-state index contributed by atoms with van der Waals surface area (Å²) in [6, 6.07) is 5.24. The Labute approximate surface area is 100 Å². The van der Waals surface area contributed by atoms with Gasteiger partial charge in [-0.25, -0.2) is 0 Å². The Morgan fingerprint density at radius 2 is 2.06 bits per heavy atom. The van der Waals surface area contributed by atoms with Crippen LogP contribution in [0, 0.1) is 0 Å². The molecule has 2 rings (SSSR count). The Kier molecular flexibility index (Phi) is 4.58. The number of carbonyl (C=O) groups excluding carboxylic acids is 1. The number of hydrogen-bond acceptors (Lipinski definition) is 4. The molecule has 1 aliphatic rings. The van der Waals surface area contributed by atoms with Gasteiger partial charge in [-0.1, -0.05) is 0 Å². The van der Waals surface area contributed by atoms with E-state index in [1.54, 1.807) is 18.2 Å². The predicted octanol–water partition coefficient (Wildman–Crippen LogP) is 1.76. The van der Waals surface area contributed by atoms with Crippen molar-refractivity contribution >= 4 is 18.2 Å². The number of Topliss-reactive ketones (excluding diaryl/α,β-unsaturated/α-hetero) is 1. The van der Waals surface area contributed by atoms with Crippen molar-refractivity contribution in [2.24, 2.45) is 5.73 Å². The van der Waals surface area contributed by atoms with E-state index in [0.29, 0.717) is 36.4 Å². The van der Waals surface area contributed by atoms with Gasteiger partial charge in [0.1, 0.15) is 0 Å². The fraction of sp³-hybridized carbons (Fsp3) is 0.364. The van der Waals surface area contributed by atoms with E-state index in [1.807, 2.05) is 0 Å². The summed E-state index contributed by atoms with van der Waals surface area (Å²) in [5.41, 5.74) is 6.01. The molecule has 0 saturated carbocycles. The minimum Gasteiger partial charge on any atom is -0.454 e. The van der Waals surface area contributed by atoms with E-state index in [1.165, 1.54) is 0 Å². The summed E-state index contributed by atoms with van der Waals surface area (Å²) in [5.74, 6) is 1.44. The normalized spacial score (nSPS) is 12.1. The van der Waals surface area contributed by atoms with E-state index >= 15 is 0 Å². The van der Waals surface area contributed by atoms with Crippen LogP contribution in [0.15, 0.2) is 18.2 Å². The van der Waals surface area contributed by atoms with Crippen molar-refractivity contribution in [3.05, 3.63) is 23.8 Å². The topological polar surface area (TPSA) is 61.6 Å². The van der Waals surface area contributed by atoms with E-state index < -0.39 is 0 Å². The summed E-state index contributed by atoms with van der Waals surface area (Å²) in [7, 11) is 0. The molecule has 0 radical (unpaired) electrons. The van der Waals surface area contributed by atoms with Gasteiger partial charge in [-0.15, -0.1) is 12.4 Å². The molecular weight excluding hydrogens is 230 g/mol. The van der Waals surface area contributed by atoms with Gasteiger partial charge in [0.15, 0.2) is 17.3 Å². The second-order valence-electron chi connectivity index (χ2n) is 3.38. The van der Waals surface area contributed by atoms with E-state index in [-0.39, 0.29) is 25.0 Å². The smallest absolute Gasteiger partial charge is 0.231 e. The molecule has 88 valence electrons. The minimum absolute atomic E-state index is 0. The van der Waals surface area contributed by atoms with Crippen LogP contribution in [-0.4, -0.2) is 19.1 Å². The summed E-state index contributed by atoms with van der Waals surface area (Å²) in [6.45, 7) is 0.770. The standard InChI is InChI=1S/C11H13NO3.ClH/c12-5-1-2-9(13)8-3-4-10-11(6-8)15-7-14-10;/h3-4,6H,1-2,5,7,12H2;1H. The van der Waals surface area contributed by atoms with Gasteiger partial charge in [0.2, 0.25) is 6.79 Å². The van der Waals surface area contributed by atoms with Gasteiger partial charge in [0.05, 0.1) is 0 Å².